The number of hydrogen-bond acceptors (Lipinski definition) is 3. The minimum absolute atomic E-state index is 0.115. The van der Waals surface area contributed by atoms with E-state index in [4.69, 9.17) is 16.3 Å². The van der Waals surface area contributed by atoms with Crippen LogP contribution >= 0.6 is 11.6 Å². The highest BCUT2D eigenvalue weighted by atomic mass is 35.5. The third kappa shape index (κ3) is 6.70. The third-order valence-corrected chi connectivity index (χ3v) is 4.49. The Hall–Kier alpha value is -2.37. The molecule has 2 rings (SSSR count). The van der Waals surface area contributed by atoms with Crippen molar-refractivity contribution in [3.8, 4) is 0 Å². The molecular weight excluding hydrogens is 364 g/mol. The van der Waals surface area contributed by atoms with Gasteiger partial charge < -0.3 is 15.0 Å². The zero-order valence-corrected chi connectivity index (χ0v) is 16.4. The lowest BCUT2D eigenvalue weighted by molar-refractivity contribution is -0.140. The van der Waals surface area contributed by atoms with Crippen LogP contribution in [0.2, 0.25) is 5.02 Å². The van der Waals surface area contributed by atoms with E-state index in [0.717, 1.165) is 11.1 Å². The summed E-state index contributed by atoms with van der Waals surface area (Å²) in [7, 11) is 1.58. The highest BCUT2D eigenvalue weighted by Gasteiger charge is 2.26. The van der Waals surface area contributed by atoms with Gasteiger partial charge in [0, 0.05) is 25.2 Å². The molecule has 2 aromatic rings. The van der Waals surface area contributed by atoms with Crippen LogP contribution in [0.3, 0.4) is 0 Å². The number of methoxy groups -OCH3 is 1. The Morgan fingerprint density at radius 1 is 1.07 bits per heavy atom. The Morgan fingerprint density at radius 2 is 1.74 bits per heavy atom. The lowest BCUT2D eigenvalue weighted by Gasteiger charge is -2.29. The Labute approximate surface area is 165 Å². The maximum atomic E-state index is 13.0. The van der Waals surface area contributed by atoms with Crippen molar-refractivity contribution in [3.05, 3.63) is 70.7 Å². The molecular formula is C21H25ClN2O3. The molecule has 0 unspecified atom stereocenters. The van der Waals surface area contributed by atoms with Gasteiger partial charge in [-0.3, -0.25) is 9.59 Å². The second kappa shape index (κ2) is 10.7. The first-order valence-corrected chi connectivity index (χ1v) is 9.23. The minimum atomic E-state index is -0.595. The number of carbonyl (C=O) groups excluding carboxylic acids is 2. The highest BCUT2D eigenvalue weighted by Crippen LogP contribution is 2.14. The van der Waals surface area contributed by atoms with Crippen molar-refractivity contribution in [2.24, 2.45) is 0 Å². The maximum Gasteiger partial charge on any atom is 0.242 e. The van der Waals surface area contributed by atoms with Crippen LogP contribution < -0.4 is 5.32 Å². The summed E-state index contributed by atoms with van der Waals surface area (Å²) < 4.78 is 4.96. The van der Waals surface area contributed by atoms with E-state index in [1.807, 2.05) is 42.5 Å². The molecule has 2 aromatic carbocycles. The number of amides is 2. The zero-order valence-electron chi connectivity index (χ0n) is 15.7. The predicted octanol–water partition coefficient (Wildman–Crippen LogP) is 3.06. The zero-order chi connectivity index (χ0) is 19.6. The molecule has 0 bridgehead atoms. The molecule has 0 aliphatic heterocycles. The van der Waals surface area contributed by atoms with Crippen LogP contribution in [0.1, 0.15) is 18.1 Å². The quantitative estimate of drug-likeness (QED) is 0.671. The molecule has 6 heteroatoms. The molecule has 0 aromatic heterocycles. The van der Waals surface area contributed by atoms with Gasteiger partial charge >= 0.3 is 0 Å². The number of rotatable bonds is 9. The Kier molecular flexibility index (Phi) is 8.30. The summed E-state index contributed by atoms with van der Waals surface area (Å²) in [6.07, 6.45) is 0.208. The number of halogens is 1. The summed E-state index contributed by atoms with van der Waals surface area (Å²) in [6.45, 7) is 2.94. The normalized spacial score (nSPS) is 11.7. The van der Waals surface area contributed by atoms with Gasteiger partial charge in [-0.1, -0.05) is 54.1 Å². The number of nitrogens with one attached hydrogen (secondary N) is 1. The number of benzene rings is 2. The van der Waals surface area contributed by atoms with E-state index in [2.05, 4.69) is 5.32 Å². The maximum absolute atomic E-state index is 13.0. The second-order valence-corrected chi connectivity index (χ2v) is 6.71. The van der Waals surface area contributed by atoms with Gasteiger partial charge in [0.15, 0.2) is 0 Å². The molecule has 0 saturated carbocycles. The van der Waals surface area contributed by atoms with E-state index in [1.54, 1.807) is 31.1 Å². The number of hydrogen-bond donors (Lipinski definition) is 1. The molecule has 0 spiro atoms. The van der Waals surface area contributed by atoms with Gasteiger partial charge in [-0.15, -0.1) is 0 Å². The van der Waals surface area contributed by atoms with E-state index in [1.165, 1.54) is 0 Å². The minimum Gasteiger partial charge on any atom is -0.383 e. The van der Waals surface area contributed by atoms with E-state index >= 15 is 0 Å². The van der Waals surface area contributed by atoms with Crippen LogP contribution in [0, 0.1) is 0 Å². The molecule has 1 atom stereocenters. The van der Waals surface area contributed by atoms with Crippen molar-refractivity contribution < 1.29 is 14.3 Å². The van der Waals surface area contributed by atoms with Crippen LogP contribution in [0.15, 0.2) is 54.6 Å². The monoisotopic (exact) mass is 388 g/mol. The molecule has 0 fully saturated rings. The van der Waals surface area contributed by atoms with Gasteiger partial charge in [0.2, 0.25) is 11.8 Å². The Balaban J connectivity index is 2.13. The molecule has 0 radical (unpaired) electrons. The summed E-state index contributed by atoms with van der Waals surface area (Å²) in [5.74, 6) is -0.317. The van der Waals surface area contributed by atoms with Crippen LogP contribution in [0.4, 0.5) is 0 Å². The first kappa shape index (κ1) is 20.9. The lowest BCUT2D eigenvalue weighted by atomic mass is 10.1. The number of carbonyl (C=O) groups is 2. The SMILES string of the molecule is COCCNC(=O)[C@H](C)N(Cc1ccccc1)C(=O)Cc1ccc(Cl)cc1. The average molecular weight is 389 g/mol. The second-order valence-electron chi connectivity index (χ2n) is 6.27. The smallest absolute Gasteiger partial charge is 0.242 e. The Bertz CT molecular complexity index is 735. The van der Waals surface area contributed by atoms with Crippen LogP contribution in [-0.2, 0) is 27.3 Å². The van der Waals surface area contributed by atoms with Crippen molar-refractivity contribution in [1.82, 2.24) is 10.2 Å². The third-order valence-electron chi connectivity index (χ3n) is 4.24. The number of nitrogens with zero attached hydrogens (tertiary/aromatic N) is 1. The molecule has 0 aliphatic rings. The largest absolute Gasteiger partial charge is 0.383 e. The topological polar surface area (TPSA) is 58.6 Å². The van der Waals surface area contributed by atoms with Crippen LogP contribution in [0.25, 0.3) is 0 Å². The van der Waals surface area contributed by atoms with Gasteiger partial charge in [0.05, 0.1) is 13.0 Å². The van der Waals surface area contributed by atoms with Crippen LogP contribution in [0.5, 0.6) is 0 Å². The fourth-order valence-corrected chi connectivity index (χ4v) is 2.79. The molecule has 5 nitrogen and oxygen atoms in total. The summed E-state index contributed by atoms with van der Waals surface area (Å²) in [5, 5.41) is 3.42. The standard InChI is InChI=1S/C21H25ClN2O3/c1-16(21(26)23-12-13-27-2)24(15-18-6-4-3-5-7-18)20(25)14-17-8-10-19(22)11-9-17/h3-11,16H,12-15H2,1-2H3,(H,23,26)/t16-/m0/s1. The highest BCUT2D eigenvalue weighted by molar-refractivity contribution is 6.30. The lowest BCUT2D eigenvalue weighted by Crippen LogP contribution is -2.48. The van der Waals surface area contributed by atoms with E-state index in [9.17, 15) is 9.59 Å². The van der Waals surface area contributed by atoms with Gasteiger partial charge in [-0.05, 0) is 30.2 Å². The van der Waals surface area contributed by atoms with Crippen LogP contribution in [-0.4, -0.2) is 43.0 Å². The molecule has 0 aliphatic carbocycles. The van der Waals surface area contributed by atoms with Gasteiger partial charge in [-0.25, -0.2) is 0 Å². The van der Waals surface area contributed by atoms with Gasteiger partial charge in [0.25, 0.3) is 0 Å². The molecule has 0 saturated heterocycles. The first-order chi connectivity index (χ1) is 13.0. The molecule has 0 heterocycles. The van der Waals surface area contributed by atoms with Crippen molar-refractivity contribution >= 4 is 23.4 Å². The van der Waals surface area contributed by atoms with Crippen molar-refractivity contribution in [2.75, 3.05) is 20.3 Å². The number of ether oxygens (including phenoxy) is 1. The summed E-state index contributed by atoms with van der Waals surface area (Å²) >= 11 is 5.91. The van der Waals surface area contributed by atoms with Gasteiger partial charge in [0.1, 0.15) is 6.04 Å². The molecule has 27 heavy (non-hydrogen) atoms. The predicted molar refractivity (Wildman–Crippen MR) is 106 cm³/mol. The van der Waals surface area contributed by atoms with Crippen molar-refractivity contribution in [1.29, 1.82) is 0 Å². The molecule has 2 amide bonds. The van der Waals surface area contributed by atoms with E-state index < -0.39 is 6.04 Å². The average Bonchev–Trinajstić information content (AvgIpc) is 2.68. The van der Waals surface area contributed by atoms with Gasteiger partial charge in [-0.2, -0.15) is 0 Å². The van der Waals surface area contributed by atoms with E-state index in [0.29, 0.717) is 24.7 Å². The fraction of sp³-hybridized carbons (Fsp3) is 0.333. The summed E-state index contributed by atoms with van der Waals surface area (Å²) in [5.41, 5.74) is 1.83. The molecule has 144 valence electrons. The van der Waals surface area contributed by atoms with E-state index in [-0.39, 0.29) is 18.2 Å². The first-order valence-electron chi connectivity index (χ1n) is 8.85. The summed E-state index contributed by atoms with van der Waals surface area (Å²) in [4.78, 5) is 27.0. The Morgan fingerprint density at radius 3 is 2.37 bits per heavy atom. The van der Waals surface area contributed by atoms with Crippen molar-refractivity contribution in [3.63, 3.8) is 0 Å². The van der Waals surface area contributed by atoms with Crippen molar-refractivity contribution in [2.45, 2.75) is 25.9 Å². The molecule has 1 N–H and O–H groups in total. The summed E-state index contributed by atoms with van der Waals surface area (Å²) in [6, 6.07) is 16.2. The fourth-order valence-electron chi connectivity index (χ4n) is 2.67.